The van der Waals surface area contributed by atoms with Crippen molar-refractivity contribution in [3.63, 3.8) is 0 Å². The summed E-state index contributed by atoms with van der Waals surface area (Å²) in [6.07, 6.45) is -1.59. The van der Waals surface area contributed by atoms with Gasteiger partial charge in [0.2, 0.25) is 0 Å². The molecular formula is C25H28Cl3FO6. The van der Waals surface area contributed by atoms with E-state index >= 15 is 0 Å². The van der Waals surface area contributed by atoms with Crippen LogP contribution >= 0.6 is 34.8 Å². The van der Waals surface area contributed by atoms with Crippen LogP contribution in [0.4, 0.5) is 4.39 Å². The van der Waals surface area contributed by atoms with E-state index in [2.05, 4.69) is 0 Å². The maximum absolute atomic E-state index is 13.0. The predicted molar refractivity (Wildman–Crippen MR) is 134 cm³/mol. The number of carbonyl (C=O) groups excluding carboxylic acids is 2. The van der Waals surface area contributed by atoms with Gasteiger partial charge in [-0.25, -0.2) is 4.39 Å². The highest BCUT2D eigenvalue weighted by atomic mass is 35.5. The van der Waals surface area contributed by atoms with E-state index in [9.17, 15) is 14.0 Å². The quantitative estimate of drug-likeness (QED) is 0.234. The van der Waals surface area contributed by atoms with Gasteiger partial charge in [-0.3, -0.25) is 9.59 Å². The molecule has 2 aromatic carbocycles. The molecule has 10 heteroatoms. The summed E-state index contributed by atoms with van der Waals surface area (Å²) in [4.78, 5) is 22.2. The molecule has 0 N–H and O–H groups in total. The second-order valence-electron chi connectivity index (χ2n) is 8.31. The van der Waals surface area contributed by atoms with Gasteiger partial charge in [0.1, 0.15) is 31.7 Å². The van der Waals surface area contributed by atoms with Crippen LogP contribution in [0.15, 0.2) is 36.4 Å². The van der Waals surface area contributed by atoms with Crippen molar-refractivity contribution in [2.75, 3.05) is 25.8 Å². The second kappa shape index (κ2) is 13.2. The minimum atomic E-state index is -0.956. The number of rotatable bonds is 12. The first-order valence-corrected chi connectivity index (χ1v) is 12.1. The molecule has 0 spiro atoms. The molecule has 2 rings (SSSR count). The molecular weight excluding hydrogens is 522 g/mol. The standard InChI is InChI=1S/C25H28Cl3FO6/c1-15(30)34-20(11-26)13-33-24-22(27)9-18(10-23(24)28)25(3,4)17-5-7-19(8-6-17)32-14-21(12-29)35-16(2)31/h5-10,20-21H,11-14H2,1-4H3/t20-,21+/m1/s1. The van der Waals surface area contributed by atoms with Crippen LogP contribution in [0.2, 0.25) is 10.0 Å². The van der Waals surface area contributed by atoms with Crippen LogP contribution in [0, 0.1) is 0 Å². The molecule has 0 amide bonds. The Morgan fingerprint density at radius 3 is 1.89 bits per heavy atom. The van der Waals surface area contributed by atoms with Gasteiger partial charge in [0.15, 0.2) is 11.9 Å². The third-order valence-corrected chi connectivity index (χ3v) is 6.06. The van der Waals surface area contributed by atoms with Gasteiger partial charge in [-0.1, -0.05) is 49.2 Å². The molecule has 0 heterocycles. The molecule has 6 nitrogen and oxygen atoms in total. The molecule has 0 bridgehead atoms. The van der Waals surface area contributed by atoms with Crippen molar-refractivity contribution in [2.45, 2.75) is 45.3 Å². The summed E-state index contributed by atoms with van der Waals surface area (Å²) in [6.45, 7) is 5.61. The van der Waals surface area contributed by atoms with Crippen LogP contribution < -0.4 is 9.47 Å². The van der Waals surface area contributed by atoms with Crippen LogP contribution in [-0.4, -0.2) is 49.9 Å². The molecule has 2 aromatic rings. The van der Waals surface area contributed by atoms with E-state index in [-0.39, 0.29) is 24.8 Å². The smallest absolute Gasteiger partial charge is 0.303 e. The van der Waals surface area contributed by atoms with E-state index in [0.717, 1.165) is 11.1 Å². The molecule has 2 atom stereocenters. The van der Waals surface area contributed by atoms with Crippen LogP contribution in [0.25, 0.3) is 0 Å². The topological polar surface area (TPSA) is 71.1 Å². The molecule has 0 aromatic heterocycles. The summed E-state index contributed by atoms with van der Waals surface area (Å²) in [5, 5.41) is 0.610. The molecule has 0 fully saturated rings. The number of ether oxygens (including phenoxy) is 4. The van der Waals surface area contributed by atoms with Gasteiger partial charge in [-0.2, -0.15) is 0 Å². The summed E-state index contributed by atoms with van der Waals surface area (Å²) >= 11 is 18.8. The Labute approximate surface area is 219 Å². The maximum Gasteiger partial charge on any atom is 0.303 e. The molecule has 192 valence electrons. The number of halogens is 4. The first kappa shape index (κ1) is 29.0. The van der Waals surface area contributed by atoms with E-state index < -0.39 is 36.2 Å². The number of hydrogen-bond donors (Lipinski definition) is 0. The second-order valence-corrected chi connectivity index (χ2v) is 9.43. The Morgan fingerprint density at radius 1 is 0.886 bits per heavy atom. The van der Waals surface area contributed by atoms with E-state index in [1.807, 2.05) is 26.0 Å². The lowest BCUT2D eigenvalue weighted by Gasteiger charge is -2.27. The largest absolute Gasteiger partial charge is 0.490 e. The number of esters is 2. The average Bonchev–Trinajstić information content (AvgIpc) is 2.80. The predicted octanol–water partition coefficient (Wildman–Crippen LogP) is 6.15. The van der Waals surface area contributed by atoms with E-state index in [1.165, 1.54) is 13.8 Å². The zero-order chi connectivity index (χ0) is 26.2. The molecule has 0 aliphatic rings. The van der Waals surface area contributed by atoms with Crippen LogP contribution in [0.1, 0.15) is 38.8 Å². The average molecular weight is 550 g/mol. The Hall–Kier alpha value is -2.22. The van der Waals surface area contributed by atoms with Gasteiger partial charge in [-0.15, -0.1) is 11.6 Å². The van der Waals surface area contributed by atoms with E-state index in [4.69, 9.17) is 53.8 Å². The van der Waals surface area contributed by atoms with Gasteiger partial charge < -0.3 is 18.9 Å². The SMILES string of the molecule is CC(=O)O[C@H](CCl)COc1c(Cl)cc(C(C)(C)c2ccc(OC[C@H](CF)OC(C)=O)cc2)cc1Cl. The fourth-order valence-corrected chi connectivity index (χ4v) is 4.00. The van der Waals surface area contributed by atoms with Crippen molar-refractivity contribution >= 4 is 46.7 Å². The molecule has 35 heavy (non-hydrogen) atoms. The van der Waals surface area contributed by atoms with Crippen molar-refractivity contribution in [1.82, 2.24) is 0 Å². The summed E-state index contributed by atoms with van der Waals surface area (Å²) < 4.78 is 34.1. The molecule has 0 saturated carbocycles. The molecule has 0 radical (unpaired) electrons. The lowest BCUT2D eigenvalue weighted by Crippen LogP contribution is -2.26. The lowest BCUT2D eigenvalue weighted by molar-refractivity contribution is -0.149. The summed E-state index contributed by atoms with van der Waals surface area (Å²) in [6, 6.07) is 10.8. The number of hydrogen-bond acceptors (Lipinski definition) is 6. The third-order valence-electron chi connectivity index (χ3n) is 5.15. The van der Waals surface area contributed by atoms with Crippen molar-refractivity contribution in [2.24, 2.45) is 0 Å². The Morgan fingerprint density at radius 2 is 1.40 bits per heavy atom. The van der Waals surface area contributed by atoms with Crippen molar-refractivity contribution in [1.29, 1.82) is 0 Å². The van der Waals surface area contributed by atoms with Crippen molar-refractivity contribution in [3.8, 4) is 11.5 Å². The number of carbonyl (C=O) groups is 2. The van der Waals surface area contributed by atoms with Crippen molar-refractivity contribution < 1.29 is 32.9 Å². The first-order chi connectivity index (χ1) is 16.5. The maximum atomic E-state index is 13.0. The molecule has 0 saturated heterocycles. The number of alkyl halides is 2. The normalized spacial score (nSPS) is 13.0. The third kappa shape index (κ3) is 8.44. The summed E-state index contributed by atoms with van der Waals surface area (Å²) in [7, 11) is 0. The number of benzene rings is 2. The van der Waals surface area contributed by atoms with Gasteiger partial charge in [0, 0.05) is 19.3 Å². The van der Waals surface area contributed by atoms with Gasteiger partial charge in [0.25, 0.3) is 0 Å². The first-order valence-electron chi connectivity index (χ1n) is 10.8. The molecule has 0 aliphatic carbocycles. The lowest BCUT2D eigenvalue weighted by atomic mass is 9.78. The van der Waals surface area contributed by atoms with E-state index in [1.54, 1.807) is 24.3 Å². The fraction of sp³-hybridized carbons (Fsp3) is 0.440. The Kier molecular flexibility index (Phi) is 10.9. The van der Waals surface area contributed by atoms with Gasteiger partial charge in [-0.05, 0) is 35.4 Å². The zero-order valence-corrected chi connectivity index (χ0v) is 22.2. The zero-order valence-electron chi connectivity index (χ0n) is 19.9. The van der Waals surface area contributed by atoms with Crippen LogP contribution in [-0.2, 0) is 24.5 Å². The van der Waals surface area contributed by atoms with Crippen LogP contribution in [0.5, 0.6) is 11.5 Å². The van der Waals surface area contributed by atoms with Crippen molar-refractivity contribution in [3.05, 3.63) is 57.6 Å². The highest BCUT2D eigenvalue weighted by Crippen LogP contribution is 2.40. The van der Waals surface area contributed by atoms with E-state index in [0.29, 0.717) is 15.8 Å². The van der Waals surface area contributed by atoms with Gasteiger partial charge >= 0.3 is 11.9 Å². The Bertz CT molecular complexity index is 990. The Balaban J connectivity index is 2.14. The summed E-state index contributed by atoms with van der Waals surface area (Å²) in [5.74, 6) is -0.176. The molecule has 0 unspecified atom stereocenters. The minimum Gasteiger partial charge on any atom is -0.490 e. The minimum absolute atomic E-state index is 0.00738. The highest BCUT2D eigenvalue weighted by molar-refractivity contribution is 6.37. The highest BCUT2D eigenvalue weighted by Gasteiger charge is 2.26. The van der Waals surface area contributed by atoms with Crippen LogP contribution in [0.3, 0.4) is 0 Å². The molecule has 0 aliphatic heterocycles. The fourth-order valence-electron chi connectivity index (χ4n) is 3.25. The summed E-state index contributed by atoms with van der Waals surface area (Å²) in [5.41, 5.74) is 1.31. The van der Waals surface area contributed by atoms with Gasteiger partial charge in [0.05, 0.1) is 15.9 Å². The monoisotopic (exact) mass is 548 g/mol.